The molecule has 1 heterocycles. The Bertz CT molecular complexity index is 1710. The third-order valence-electron chi connectivity index (χ3n) is 8.72. The highest BCUT2D eigenvalue weighted by molar-refractivity contribution is 6.09. The summed E-state index contributed by atoms with van der Waals surface area (Å²) in [5.41, 5.74) is 9.23. The van der Waals surface area contributed by atoms with E-state index in [4.69, 9.17) is 0 Å². The molecule has 2 N–H and O–H groups in total. The van der Waals surface area contributed by atoms with Crippen LogP contribution >= 0.6 is 0 Å². The van der Waals surface area contributed by atoms with Gasteiger partial charge in [0.2, 0.25) is 0 Å². The van der Waals surface area contributed by atoms with Crippen molar-refractivity contribution in [2.24, 2.45) is 5.92 Å². The molecule has 1 unspecified atom stereocenters. The zero-order chi connectivity index (χ0) is 30.3. The maximum absolute atomic E-state index is 13.4. The molecule has 1 fully saturated rings. The Hall–Kier alpha value is -5.09. The summed E-state index contributed by atoms with van der Waals surface area (Å²) in [6.07, 6.45) is 2.15. The molecule has 5 aromatic rings. The molecular formula is C40H39N3O. The van der Waals surface area contributed by atoms with Crippen molar-refractivity contribution in [1.29, 1.82) is 0 Å². The lowest BCUT2D eigenvalue weighted by Crippen LogP contribution is -2.36. The van der Waals surface area contributed by atoms with E-state index in [0.29, 0.717) is 11.5 Å². The van der Waals surface area contributed by atoms with Gasteiger partial charge in [-0.05, 0) is 90.4 Å². The highest BCUT2D eigenvalue weighted by Gasteiger charge is 2.30. The first-order valence-corrected chi connectivity index (χ1v) is 15.4. The van der Waals surface area contributed by atoms with Gasteiger partial charge >= 0.3 is 0 Å². The average Bonchev–Trinajstić information content (AvgIpc) is 3.07. The second kappa shape index (κ2) is 13.5. The molecule has 0 aliphatic carbocycles. The summed E-state index contributed by atoms with van der Waals surface area (Å²) < 4.78 is 0. The van der Waals surface area contributed by atoms with Crippen LogP contribution in [0.1, 0.15) is 40.2 Å². The number of nitrogens with one attached hydrogen (secondary N) is 2. The summed E-state index contributed by atoms with van der Waals surface area (Å²) in [6.45, 7) is 8.53. The third-order valence-corrected chi connectivity index (χ3v) is 8.72. The molecule has 4 nitrogen and oxygen atoms in total. The number of aryl methyl sites for hydroxylation is 1. The summed E-state index contributed by atoms with van der Waals surface area (Å²) >= 11 is 0. The standard InChI is InChI=1S/C40H39N3O/c1-29-13-9-10-18-36(29)37-19-11-12-20-38(37)40(44)42-34-21-23-35(24-22-34)43-27-25-32(26-28-43)39(31-14-5-3-6-15-31)30(2)41-33-16-7-4-8-17-33/h3-24,32,39,41H,2,25-28H2,1H3,(H,42,44). The summed E-state index contributed by atoms with van der Waals surface area (Å²) in [4.78, 5) is 15.8. The Labute approximate surface area is 261 Å². The molecule has 1 saturated heterocycles. The Morgan fingerprint density at radius 1 is 0.682 bits per heavy atom. The van der Waals surface area contributed by atoms with E-state index >= 15 is 0 Å². The number of rotatable bonds is 9. The first-order chi connectivity index (χ1) is 21.6. The molecule has 1 atom stereocenters. The van der Waals surface area contributed by atoms with Gasteiger partial charge in [0.15, 0.2) is 0 Å². The van der Waals surface area contributed by atoms with Crippen molar-refractivity contribution in [2.45, 2.75) is 25.7 Å². The Kier molecular flexibility index (Phi) is 8.88. The van der Waals surface area contributed by atoms with Gasteiger partial charge in [-0.2, -0.15) is 0 Å². The van der Waals surface area contributed by atoms with Crippen molar-refractivity contribution in [3.05, 3.63) is 162 Å². The van der Waals surface area contributed by atoms with Crippen molar-refractivity contribution in [1.82, 2.24) is 0 Å². The van der Waals surface area contributed by atoms with Crippen molar-refractivity contribution in [3.8, 4) is 11.1 Å². The summed E-state index contributed by atoms with van der Waals surface area (Å²) in [7, 11) is 0. The lowest BCUT2D eigenvalue weighted by molar-refractivity contribution is 0.102. The Morgan fingerprint density at radius 3 is 1.93 bits per heavy atom. The number of piperidine rings is 1. The molecule has 0 saturated carbocycles. The van der Waals surface area contributed by atoms with Crippen LogP contribution in [0.3, 0.4) is 0 Å². The van der Waals surface area contributed by atoms with Gasteiger partial charge in [0.1, 0.15) is 0 Å². The lowest BCUT2D eigenvalue weighted by Gasteiger charge is -2.38. The van der Waals surface area contributed by atoms with Crippen LogP contribution in [0.2, 0.25) is 0 Å². The lowest BCUT2D eigenvalue weighted by atomic mass is 9.78. The van der Waals surface area contributed by atoms with E-state index in [0.717, 1.165) is 59.7 Å². The average molecular weight is 578 g/mol. The molecule has 0 bridgehead atoms. The van der Waals surface area contributed by atoms with Gasteiger partial charge in [-0.3, -0.25) is 4.79 Å². The monoisotopic (exact) mass is 577 g/mol. The van der Waals surface area contributed by atoms with E-state index in [9.17, 15) is 4.79 Å². The van der Waals surface area contributed by atoms with E-state index in [1.165, 1.54) is 11.3 Å². The van der Waals surface area contributed by atoms with E-state index in [1.807, 2.05) is 66.7 Å². The number of carbonyl (C=O) groups is 1. The molecule has 1 aliphatic rings. The normalized spacial score (nSPS) is 14.1. The molecule has 0 spiro atoms. The van der Waals surface area contributed by atoms with Gasteiger partial charge in [-0.25, -0.2) is 0 Å². The zero-order valence-corrected chi connectivity index (χ0v) is 25.2. The number of nitrogens with zero attached hydrogens (tertiary/aromatic N) is 1. The van der Waals surface area contributed by atoms with Gasteiger partial charge in [0, 0.05) is 47.3 Å². The summed E-state index contributed by atoms with van der Waals surface area (Å²) in [5.74, 6) is 0.622. The molecule has 0 radical (unpaired) electrons. The van der Waals surface area contributed by atoms with Crippen molar-refractivity contribution in [3.63, 3.8) is 0 Å². The highest BCUT2D eigenvalue weighted by Crippen LogP contribution is 2.39. The smallest absolute Gasteiger partial charge is 0.256 e. The number of amides is 1. The maximum atomic E-state index is 13.4. The molecule has 6 rings (SSSR count). The molecule has 1 amide bonds. The van der Waals surface area contributed by atoms with E-state index in [2.05, 4.69) is 95.8 Å². The van der Waals surface area contributed by atoms with Gasteiger partial charge in [-0.15, -0.1) is 0 Å². The van der Waals surface area contributed by atoms with Crippen LogP contribution in [0.15, 0.2) is 146 Å². The van der Waals surface area contributed by atoms with Crippen LogP contribution in [-0.4, -0.2) is 19.0 Å². The number of allylic oxidation sites excluding steroid dienone is 1. The maximum Gasteiger partial charge on any atom is 0.256 e. The molecule has 5 aromatic carbocycles. The number of carbonyl (C=O) groups excluding carboxylic acids is 1. The van der Waals surface area contributed by atoms with Crippen LogP contribution in [-0.2, 0) is 0 Å². The quantitative estimate of drug-likeness (QED) is 0.183. The van der Waals surface area contributed by atoms with Crippen LogP contribution in [0.4, 0.5) is 17.1 Å². The number of hydrogen-bond donors (Lipinski definition) is 2. The fraction of sp³-hybridized carbons (Fsp3) is 0.175. The Balaban J connectivity index is 1.11. The summed E-state index contributed by atoms with van der Waals surface area (Å²) in [6, 6.07) is 45.3. The fourth-order valence-electron chi connectivity index (χ4n) is 6.44. The number of para-hydroxylation sites is 1. The van der Waals surface area contributed by atoms with E-state index in [-0.39, 0.29) is 11.8 Å². The van der Waals surface area contributed by atoms with Gasteiger partial charge in [0.05, 0.1) is 0 Å². The molecule has 220 valence electrons. The highest BCUT2D eigenvalue weighted by atomic mass is 16.1. The van der Waals surface area contributed by atoms with Crippen molar-refractivity contribution < 1.29 is 4.79 Å². The predicted molar refractivity (Wildman–Crippen MR) is 184 cm³/mol. The minimum Gasteiger partial charge on any atom is -0.372 e. The number of hydrogen-bond acceptors (Lipinski definition) is 3. The first kappa shape index (κ1) is 29.0. The minimum atomic E-state index is -0.103. The molecule has 1 aliphatic heterocycles. The fourth-order valence-corrected chi connectivity index (χ4v) is 6.44. The molecule has 4 heteroatoms. The second-order valence-corrected chi connectivity index (χ2v) is 11.6. The van der Waals surface area contributed by atoms with Crippen LogP contribution in [0, 0.1) is 12.8 Å². The van der Waals surface area contributed by atoms with Crippen LogP contribution < -0.4 is 15.5 Å². The largest absolute Gasteiger partial charge is 0.372 e. The van der Waals surface area contributed by atoms with Gasteiger partial charge < -0.3 is 15.5 Å². The van der Waals surface area contributed by atoms with Crippen LogP contribution in [0.25, 0.3) is 11.1 Å². The third kappa shape index (κ3) is 6.60. The van der Waals surface area contributed by atoms with E-state index < -0.39 is 0 Å². The molecular weight excluding hydrogens is 538 g/mol. The number of benzene rings is 5. The summed E-state index contributed by atoms with van der Waals surface area (Å²) in [5, 5.41) is 6.70. The van der Waals surface area contributed by atoms with E-state index in [1.54, 1.807) is 0 Å². The zero-order valence-electron chi connectivity index (χ0n) is 25.2. The van der Waals surface area contributed by atoms with Gasteiger partial charge in [-0.1, -0.05) is 97.6 Å². The minimum absolute atomic E-state index is 0.103. The molecule has 44 heavy (non-hydrogen) atoms. The van der Waals surface area contributed by atoms with Crippen molar-refractivity contribution >= 4 is 23.0 Å². The SMILES string of the molecule is C=C(Nc1ccccc1)C(c1ccccc1)C1CCN(c2ccc(NC(=O)c3ccccc3-c3ccccc3C)cc2)CC1. The van der Waals surface area contributed by atoms with Crippen molar-refractivity contribution in [2.75, 3.05) is 28.6 Å². The molecule has 0 aromatic heterocycles. The predicted octanol–water partition coefficient (Wildman–Crippen LogP) is 9.54. The number of anilines is 3. The van der Waals surface area contributed by atoms with Crippen LogP contribution in [0.5, 0.6) is 0 Å². The topological polar surface area (TPSA) is 44.4 Å². The Morgan fingerprint density at radius 2 is 1.25 bits per heavy atom. The van der Waals surface area contributed by atoms with Gasteiger partial charge in [0.25, 0.3) is 5.91 Å². The second-order valence-electron chi connectivity index (χ2n) is 11.6. The first-order valence-electron chi connectivity index (χ1n) is 15.4.